The van der Waals surface area contributed by atoms with Crippen molar-refractivity contribution in [1.29, 1.82) is 0 Å². The van der Waals surface area contributed by atoms with Gasteiger partial charge in [0.2, 0.25) is 15.9 Å². The van der Waals surface area contributed by atoms with Crippen LogP contribution in [-0.4, -0.2) is 73.5 Å². The first-order chi connectivity index (χ1) is 17.5. The number of fused-ring (bicyclic) bond motifs is 1. The highest BCUT2D eigenvalue weighted by Gasteiger charge is 2.28. The van der Waals surface area contributed by atoms with Crippen LogP contribution in [-0.2, 0) is 16.4 Å². The second-order valence-corrected chi connectivity index (χ2v) is 11.4. The predicted molar refractivity (Wildman–Crippen MR) is 139 cm³/mol. The van der Waals surface area contributed by atoms with E-state index in [9.17, 15) is 8.42 Å². The van der Waals surface area contributed by atoms with Gasteiger partial charge in [-0.3, -0.25) is 0 Å². The van der Waals surface area contributed by atoms with Crippen molar-refractivity contribution in [3.05, 3.63) is 54.4 Å². The van der Waals surface area contributed by atoms with Crippen LogP contribution in [0.1, 0.15) is 37.9 Å². The first-order valence-corrected chi connectivity index (χ1v) is 14.3. The van der Waals surface area contributed by atoms with Crippen LogP contribution in [0, 0.1) is 0 Å². The first kappa shape index (κ1) is 24.9. The summed E-state index contributed by atoms with van der Waals surface area (Å²) in [7, 11) is -1.95. The summed E-state index contributed by atoms with van der Waals surface area (Å²) in [6.45, 7) is 3.05. The van der Waals surface area contributed by atoms with Gasteiger partial charge in [0.05, 0.1) is 22.9 Å². The summed E-state index contributed by atoms with van der Waals surface area (Å²) < 4.78 is 39.1. The van der Waals surface area contributed by atoms with Crippen molar-refractivity contribution in [3.63, 3.8) is 0 Å². The maximum Gasteiger partial charge on any atom is 0.243 e. The zero-order valence-corrected chi connectivity index (χ0v) is 21.6. The number of piperazine rings is 1. The minimum atomic E-state index is -3.51. The highest BCUT2D eigenvalue weighted by Crippen LogP contribution is 2.28. The van der Waals surface area contributed by atoms with E-state index < -0.39 is 10.0 Å². The van der Waals surface area contributed by atoms with Gasteiger partial charge in [-0.25, -0.2) is 13.4 Å². The number of ether oxygens (including phenoxy) is 2. The van der Waals surface area contributed by atoms with Crippen molar-refractivity contribution in [1.82, 2.24) is 19.2 Å². The van der Waals surface area contributed by atoms with Crippen LogP contribution >= 0.6 is 0 Å². The molecule has 8 nitrogen and oxygen atoms in total. The summed E-state index contributed by atoms with van der Waals surface area (Å²) in [6.07, 6.45) is 6.78. The molecule has 2 heterocycles. The van der Waals surface area contributed by atoms with E-state index in [1.54, 1.807) is 35.7 Å². The molecule has 1 aromatic heterocycles. The number of hydrogen-bond acceptors (Lipinski definition) is 7. The molecular weight excluding hydrogens is 476 g/mol. The monoisotopic (exact) mass is 510 g/mol. The summed E-state index contributed by atoms with van der Waals surface area (Å²) in [6, 6.07) is 14.6. The Hall–Kier alpha value is -2.75. The molecule has 0 unspecified atom stereocenters. The summed E-state index contributed by atoms with van der Waals surface area (Å²) in [5, 5.41) is 0.962. The number of benzene rings is 2. The Kier molecular flexibility index (Phi) is 7.69. The normalized spacial score (nSPS) is 18.4. The molecule has 1 aliphatic carbocycles. The smallest absolute Gasteiger partial charge is 0.243 e. The molecule has 0 radical (unpaired) electrons. The Morgan fingerprint density at radius 3 is 2.36 bits per heavy atom. The van der Waals surface area contributed by atoms with E-state index in [1.807, 2.05) is 24.3 Å². The second kappa shape index (κ2) is 11.1. The topological polar surface area (TPSA) is 84.9 Å². The SMILES string of the molecule is COc1ccc(S(=O)(=O)N2CCN(CCc3nc(OC4CCCCC4)c4ccccc4n3)CC2)cc1. The molecule has 0 N–H and O–H groups in total. The lowest BCUT2D eigenvalue weighted by Gasteiger charge is -2.33. The number of aromatic nitrogens is 2. The van der Waals surface area contributed by atoms with E-state index in [1.165, 1.54) is 19.3 Å². The Balaban J connectivity index is 1.21. The fraction of sp³-hybridized carbons (Fsp3) is 0.481. The molecular formula is C27H34N4O4S. The van der Waals surface area contributed by atoms with E-state index in [-0.39, 0.29) is 6.10 Å². The van der Waals surface area contributed by atoms with Gasteiger partial charge in [0, 0.05) is 39.1 Å². The summed E-state index contributed by atoms with van der Waals surface area (Å²) in [5.74, 6) is 2.10. The second-order valence-electron chi connectivity index (χ2n) is 9.51. The maximum absolute atomic E-state index is 13.0. The molecule has 2 fully saturated rings. The van der Waals surface area contributed by atoms with Gasteiger partial charge in [-0.05, 0) is 62.1 Å². The fourth-order valence-corrected chi connectivity index (χ4v) is 6.41. The molecule has 0 amide bonds. The predicted octanol–water partition coefficient (Wildman–Crippen LogP) is 3.90. The van der Waals surface area contributed by atoms with Crippen LogP contribution in [0.3, 0.4) is 0 Å². The summed E-state index contributed by atoms with van der Waals surface area (Å²) >= 11 is 0. The zero-order chi connectivity index (χ0) is 25.0. The Morgan fingerprint density at radius 1 is 0.917 bits per heavy atom. The standard InChI is InChI=1S/C27H34N4O4S/c1-34-21-11-13-23(14-12-21)36(32,33)31-19-17-30(18-20-31)16-15-26-28-25-10-6-5-9-24(25)27(29-26)35-22-7-3-2-4-8-22/h5-6,9-14,22H,2-4,7-8,15-20H2,1H3. The molecule has 5 rings (SSSR count). The van der Waals surface area contributed by atoms with E-state index in [0.29, 0.717) is 49.1 Å². The van der Waals surface area contributed by atoms with Crippen LogP contribution in [0.15, 0.2) is 53.4 Å². The molecule has 0 spiro atoms. The molecule has 3 aromatic rings. The number of rotatable bonds is 8. The van der Waals surface area contributed by atoms with Crippen molar-refractivity contribution >= 4 is 20.9 Å². The van der Waals surface area contributed by atoms with E-state index >= 15 is 0 Å². The molecule has 0 atom stereocenters. The van der Waals surface area contributed by atoms with Crippen molar-refractivity contribution in [2.45, 2.75) is 49.5 Å². The van der Waals surface area contributed by atoms with Gasteiger partial charge >= 0.3 is 0 Å². The van der Waals surface area contributed by atoms with Crippen LogP contribution < -0.4 is 9.47 Å². The van der Waals surface area contributed by atoms with Crippen molar-refractivity contribution < 1.29 is 17.9 Å². The average Bonchev–Trinajstić information content (AvgIpc) is 2.93. The molecule has 2 aliphatic rings. The van der Waals surface area contributed by atoms with Crippen LogP contribution in [0.5, 0.6) is 11.6 Å². The molecule has 2 aromatic carbocycles. The van der Waals surface area contributed by atoms with Crippen molar-refractivity contribution in [3.8, 4) is 11.6 Å². The van der Waals surface area contributed by atoms with Gasteiger partial charge in [0.15, 0.2) is 0 Å². The lowest BCUT2D eigenvalue weighted by atomic mass is 9.98. The van der Waals surface area contributed by atoms with Gasteiger partial charge in [-0.15, -0.1) is 0 Å². The van der Waals surface area contributed by atoms with Gasteiger partial charge in [0.25, 0.3) is 0 Å². The number of nitrogens with zero attached hydrogens (tertiary/aromatic N) is 4. The average molecular weight is 511 g/mol. The van der Waals surface area contributed by atoms with Crippen LogP contribution in [0.25, 0.3) is 10.9 Å². The Morgan fingerprint density at radius 2 is 1.64 bits per heavy atom. The third-order valence-electron chi connectivity index (χ3n) is 7.13. The van der Waals surface area contributed by atoms with Gasteiger partial charge < -0.3 is 14.4 Å². The van der Waals surface area contributed by atoms with E-state index in [2.05, 4.69) is 4.90 Å². The lowest BCUT2D eigenvalue weighted by Crippen LogP contribution is -2.49. The van der Waals surface area contributed by atoms with Gasteiger partial charge in [-0.1, -0.05) is 18.6 Å². The van der Waals surface area contributed by atoms with Crippen molar-refractivity contribution in [2.75, 3.05) is 39.8 Å². The highest BCUT2D eigenvalue weighted by atomic mass is 32.2. The summed E-state index contributed by atoms with van der Waals surface area (Å²) in [5.41, 5.74) is 0.906. The maximum atomic E-state index is 13.0. The Labute approximate surface area is 213 Å². The third kappa shape index (κ3) is 5.63. The quantitative estimate of drug-likeness (QED) is 0.454. The molecule has 9 heteroatoms. The minimum Gasteiger partial charge on any atom is -0.497 e. The third-order valence-corrected chi connectivity index (χ3v) is 9.04. The zero-order valence-electron chi connectivity index (χ0n) is 20.8. The summed E-state index contributed by atoms with van der Waals surface area (Å²) in [4.78, 5) is 12.2. The lowest BCUT2D eigenvalue weighted by molar-refractivity contribution is 0.150. The van der Waals surface area contributed by atoms with Gasteiger partial charge in [0.1, 0.15) is 17.7 Å². The Bertz CT molecular complexity index is 1270. The molecule has 1 saturated carbocycles. The number of hydrogen-bond donors (Lipinski definition) is 0. The molecule has 192 valence electrons. The number of para-hydroxylation sites is 1. The molecule has 0 bridgehead atoms. The number of sulfonamides is 1. The first-order valence-electron chi connectivity index (χ1n) is 12.8. The fourth-order valence-electron chi connectivity index (χ4n) is 4.98. The number of methoxy groups -OCH3 is 1. The highest BCUT2D eigenvalue weighted by molar-refractivity contribution is 7.89. The van der Waals surface area contributed by atoms with Crippen LogP contribution in [0.2, 0.25) is 0 Å². The molecule has 36 heavy (non-hydrogen) atoms. The largest absolute Gasteiger partial charge is 0.497 e. The van der Waals surface area contributed by atoms with Gasteiger partial charge in [-0.2, -0.15) is 9.29 Å². The minimum absolute atomic E-state index is 0.227. The van der Waals surface area contributed by atoms with Crippen molar-refractivity contribution in [2.24, 2.45) is 0 Å². The van der Waals surface area contributed by atoms with E-state index in [4.69, 9.17) is 19.4 Å². The van der Waals surface area contributed by atoms with E-state index in [0.717, 1.165) is 36.1 Å². The molecule has 1 aliphatic heterocycles. The molecule has 1 saturated heterocycles. The van der Waals surface area contributed by atoms with Crippen LogP contribution in [0.4, 0.5) is 0 Å².